The number of carbonyl (C=O) groups is 2. The van der Waals surface area contributed by atoms with E-state index in [1.54, 1.807) is 25.3 Å². The van der Waals surface area contributed by atoms with Crippen molar-refractivity contribution >= 4 is 56.5 Å². The first-order valence-corrected chi connectivity index (χ1v) is 9.06. The SMILES string of the molecule is COc1ccc(Br)cc1/C=N\NC(=O)CNC(=O)c1ccccc1I. The lowest BCUT2D eigenvalue weighted by atomic mass is 10.2. The smallest absolute Gasteiger partial charge is 0.259 e. The molecule has 2 amide bonds. The fraction of sp³-hybridized carbons (Fsp3) is 0.118. The van der Waals surface area contributed by atoms with Crippen LogP contribution in [0.5, 0.6) is 5.75 Å². The lowest BCUT2D eigenvalue weighted by molar-refractivity contribution is -0.120. The normalized spacial score (nSPS) is 10.5. The Kier molecular flexibility index (Phi) is 7.38. The zero-order chi connectivity index (χ0) is 18.2. The van der Waals surface area contributed by atoms with Crippen LogP contribution in [0.2, 0.25) is 0 Å². The van der Waals surface area contributed by atoms with Crippen LogP contribution in [-0.4, -0.2) is 31.7 Å². The Morgan fingerprint density at radius 1 is 1.28 bits per heavy atom. The second-order valence-electron chi connectivity index (χ2n) is 4.84. The van der Waals surface area contributed by atoms with E-state index in [0.717, 1.165) is 8.04 Å². The molecule has 0 heterocycles. The molecule has 0 aliphatic carbocycles. The number of halogens is 2. The van der Waals surface area contributed by atoms with Crippen molar-refractivity contribution in [3.05, 3.63) is 61.6 Å². The van der Waals surface area contributed by atoms with Gasteiger partial charge in [-0.05, 0) is 52.9 Å². The van der Waals surface area contributed by atoms with E-state index in [1.165, 1.54) is 6.21 Å². The van der Waals surface area contributed by atoms with Crippen molar-refractivity contribution < 1.29 is 14.3 Å². The van der Waals surface area contributed by atoms with E-state index in [0.29, 0.717) is 16.9 Å². The Hall–Kier alpha value is -1.94. The molecule has 25 heavy (non-hydrogen) atoms. The summed E-state index contributed by atoms with van der Waals surface area (Å²) in [7, 11) is 1.56. The maximum atomic E-state index is 12.0. The van der Waals surface area contributed by atoms with Gasteiger partial charge >= 0.3 is 0 Å². The van der Waals surface area contributed by atoms with Gasteiger partial charge in [-0.25, -0.2) is 5.43 Å². The van der Waals surface area contributed by atoms with E-state index >= 15 is 0 Å². The molecule has 0 unspecified atom stereocenters. The number of methoxy groups -OCH3 is 1. The van der Waals surface area contributed by atoms with Gasteiger partial charge in [0.25, 0.3) is 11.8 Å². The number of hydrogen-bond acceptors (Lipinski definition) is 4. The van der Waals surface area contributed by atoms with E-state index < -0.39 is 5.91 Å². The third-order valence-electron chi connectivity index (χ3n) is 3.11. The van der Waals surface area contributed by atoms with Crippen molar-refractivity contribution in [1.29, 1.82) is 0 Å². The highest BCUT2D eigenvalue weighted by atomic mass is 127. The first-order valence-electron chi connectivity index (χ1n) is 7.19. The van der Waals surface area contributed by atoms with Crippen LogP contribution in [0.1, 0.15) is 15.9 Å². The molecule has 6 nitrogen and oxygen atoms in total. The molecule has 0 saturated heterocycles. The molecule has 0 aromatic heterocycles. The highest BCUT2D eigenvalue weighted by Gasteiger charge is 2.10. The first-order chi connectivity index (χ1) is 12.0. The first kappa shape index (κ1) is 19.4. The third-order valence-corrected chi connectivity index (χ3v) is 4.55. The second-order valence-corrected chi connectivity index (χ2v) is 6.92. The van der Waals surface area contributed by atoms with Gasteiger partial charge in [0.1, 0.15) is 5.75 Å². The number of benzene rings is 2. The number of amides is 2. The Bertz CT molecular complexity index is 811. The summed E-state index contributed by atoms with van der Waals surface area (Å²) in [5.74, 6) is -0.101. The maximum absolute atomic E-state index is 12.0. The molecule has 130 valence electrons. The van der Waals surface area contributed by atoms with E-state index in [4.69, 9.17) is 4.74 Å². The van der Waals surface area contributed by atoms with E-state index in [9.17, 15) is 9.59 Å². The number of hydrazone groups is 1. The van der Waals surface area contributed by atoms with Gasteiger partial charge in [0.15, 0.2) is 0 Å². The van der Waals surface area contributed by atoms with Crippen LogP contribution in [0.4, 0.5) is 0 Å². The van der Waals surface area contributed by atoms with Crippen molar-refractivity contribution in [2.75, 3.05) is 13.7 Å². The predicted molar refractivity (Wildman–Crippen MR) is 108 cm³/mol. The highest BCUT2D eigenvalue weighted by molar-refractivity contribution is 14.1. The second kappa shape index (κ2) is 9.52. The van der Waals surface area contributed by atoms with Gasteiger partial charge in [0, 0.05) is 13.6 Å². The Balaban J connectivity index is 1.88. The van der Waals surface area contributed by atoms with Crippen LogP contribution >= 0.6 is 38.5 Å². The molecule has 0 saturated carbocycles. The molecule has 0 atom stereocenters. The van der Waals surface area contributed by atoms with Crippen molar-refractivity contribution in [2.45, 2.75) is 0 Å². The zero-order valence-electron chi connectivity index (χ0n) is 13.3. The lowest BCUT2D eigenvalue weighted by Crippen LogP contribution is -2.35. The van der Waals surface area contributed by atoms with Crippen LogP contribution in [0.3, 0.4) is 0 Å². The fourth-order valence-electron chi connectivity index (χ4n) is 1.92. The van der Waals surface area contributed by atoms with Crippen LogP contribution in [0, 0.1) is 3.57 Å². The average molecular weight is 516 g/mol. The van der Waals surface area contributed by atoms with Gasteiger partial charge in [-0.2, -0.15) is 5.10 Å². The van der Waals surface area contributed by atoms with Crippen molar-refractivity contribution in [3.8, 4) is 5.75 Å². The standard InChI is InChI=1S/C17H15BrIN3O3/c1-25-15-7-6-12(18)8-11(15)9-21-22-16(23)10-20-17(24)13-4-2-3-5-14(13)19/h2-9H,10H2,1H3,(H,20,24)(H,22,23)/b21-9-. The molecular formula is C17H15BrIN3O3. The molecule has 0 aliphatic heterocycles. The van der Waals surface area contributed by atoms with Crippen LogP contribution in [0.25, 0.3) is 0 Å². The van der Waals surface area contributed by atoms with Crippen molar-refractivity contribution in [3.63, 3.8) is 0 Å². The molecule has 0 spiro atoms. The maximum Gasteiger partial charge on any atom is 0.259 e. The molecular weight excluding hydrogens is 501 g/mol. The monoisotopic (exact) mass is 515 g/mol. The molecule has 0 radical (unpaired) electrons. The molecule has 2 N–H and O–H groups in total. The molecule has 0 fully saturated rings. The Morgan fingerprint density at radius 3 is 2.76 bits per heavy atom. The molecule has 0 aliphatic rings. The van der Waals surface area contributed by atoms with E-state index in [2.05, 4.69) is 54.4 Å². The summed E-state index contributed by atoms with van der Waals surface area (Å²) in [6, 6.07) is 12.6. The summed E-state index contributed by atoms with van der Waals surface area (Å²) in [5, 5.41) is 6.44. The summed E-state index contributed by atoms with van der Waals surface area (Å²) in [6.07, 6.45) is 1.48. The number of nitrogens with one attached hydrogen (secondary N) is 2. The van der Waals surface area contributed by atoms with Gasteiger partial charge in [-0.1, -0.05) is 28.1 Å². The number of rotatable bonds is 6. The van der Waals surface area contributed by atoms with Gasteiger partial charge in [0.05, 0.1) is 25.4 Å². The summed E-state index contributed by atoms with van der Waals surface area (Å²) in [4.78, 5) is 23.8. The molecule has 2 aromatic carbocycles. The molecule has 8 heteroatoms. The summed E-state index contributed by atoms with van der Waals surface area (Å²) >= 11 is 5.43. The topological polar surface area (TPSA) is 79.8 Å². The van der Waals surface area contributed by atoms with Crippen LogP contribution in [-0.2, 0) is 4.79 Å². The predicted octanol–water partition coefficient (Wildman–Crippen LogP) is 2.94. The molecule has 2 aromatic rings. The van der Waals surface area contributed by atoms with E-state index in [1.807, 2.05) is 24.3 Å². The Morgan fingerprint density at radius 2 is 2.04 bits per heavy atom. The van der Waals surface area contributed by atoms with Crippen LogP contribution < -0.4 is 15.5 Å². The number of nitrogens with zero attached hydrogens (tertiary/aromatic N) is 1. The summed E-state index contributed by atoms with van der Waals surface area (Å²) in [5.41, 5.74) is 3.60. The molecule has 0 bridgehead atoms. The fourth-order valence-corrected chi connectivity index (χ4v) is 2.93. The summed E-state index contributed by atoms with van der Waals surface area (Å²) < 4.78 is 6.90. The van der Waals surface area contributed by atoms with E-state index in [-0.39, 0.29) is 12.5 Å². The Labute approximate surface area is 167 Å². The van der Waals surface area contributed by atoms with Gasteiger partial charge < -0.3 is 10.1 Å². The van der Waals surface area contributed by atoms with Crippen molar-refractivity contribution in [1.82, 2.24) is 10.7 Å². The van der Waals surface area contributed by atoms with Gasteiger partial charge in [-0.15, -0.1) is 0 Å². The van der Waals surface area contributed by atoms with Gasteiger partial charge in [-0.3, -0.25) is 9.59 Å². The number of ether oxygens (including phenoxy) is 1. The average Bonchev–Trinajstić information content (AvgIpc) is 2.60. The largest absolute Gasteiger partial charge is 0.496 e. The minimum atomic E-state index is -0.426. The molecule has 2 rings (SSSR count). The third kappa shape index (κ3) is 5.82. The summed E-state index contributed by atoms with van der Waals surface area (Å²) in [6.45, 7) is -0.170. The quantitative estimate of drug-likeness (QED) is 0.352. The van der Waals surface area contributed by atoms with Crippen molar-refractivity contribution in [2.24, 2.45) is 5.10 Å². The van der Waals surface area contributed by atoms with Crippen LogP contribution in [0.15, 0.2) is 52.0 Å². The zero-order valence-corrected chi connectivity index (χ0v) is 17.0. The highest BCUT2D eigenvalue weighted by Crippen LogP contribution is 2.21. The number of carbonyl (C=O) groups excluding carboxylic acids is 2. The lowest BCUT2D eigenvalue weighted by Gasteiger charge is -2.06. The van der Waals surface area contributed by atoms with Gasteiger partial charge in [0.2, 0.25) is 0 Å². The minimum absolute atomic E-state index is 0.170. The minimum Gasteiger partial charge on any atom is -0.496 e. The number of hydrogen-bond donors (Lipinski definition) is 2.